The number of halogens is 2. The first-order chi connectivity index (χ1) is 10.6. The number of rotatable bonds is 3. The number of hydrogen-bond acceptors (Lipinski definition) is 2. The Morgan fingerprint density at radius 2 is 2.09 bits per heavy atom. The Labute approximate surface area is 133 Å². The van der Waals surface area contributed by atoms with Gasteiger partial charge in [0.2, 0.25) is 0 Å². The van der Waals surface area contributed by atoms with Gasteiger partial charge >= 0.3 is 0 Å². The number of aromatic nitrogens is 1. The van der Waals surface area contributed by atoms with E-state index >= 15 is 0 Å². The number of amides is 1. The van der Waals surface area contributed by atoms with Crippen LogP contribution in [-0.4, -0.2) is 28.9 Å². The Kier molecular flexibility index (Phi) is 4.39. The molecule has 1 fully saturated rings. The summed E-state index contributed by atoms with van der Waals surface area (Å²) >= 11 is 5.88. The van der Waals surface area contributed by atoms with Crippen LogP contribution < -0.4 is 0 Å². The van der Waals surface area contributed by atoms with Crippen LogP contribution >= 0.6 is 11.6 Å². The van der Waals surface area contributed by atoms with Crippen molar-refractivity contribution in [2.75, 3.05) is 13.1 Å². The minimum absolute atomic E-state index is 0.0992. The van der Waals surface area contributed by atoms with E-state index in [1.807, 2.05) is 24.3 Å². The van der Waals surface area contributed by atoms with Crippen molar-refractivity contribution < 1.29 is 9.18 Å². The first-order valence-electron chi connectivity index (χ1n) is 7.26. The van der Waals surface area contributed by atoms with Gasteiger partial charge in [-0.25, -0.2) is 4.39 Å². The quantitative estimate of drug-likeness (QED) is 0.866. The number of pyridine rings is 1. The second kappa shape index (κ2) is 6.44. The SMILES string of the molecule is O=C(c1ccncc1F)N1CCC(Cc2ccc(Cl)cc2)C1. The van der Waals surface area contributed by atoms with Crippen LogP contribution in [0.2, 0.25) is 5.02 Å². The van der Waals surface area contributed by atoms with Crippen LogP contribution in [0.15, 0.2) is 42.7 Å². The molecular formula is C17H16ClFN2O. The lowest BCUT2D eigenvalue weighted by Crippen LogP contribution is -2.29. The van der Waals surface area contributed by atoms with Crippen molar-refractivity contribution >= 4 is 17.5 Å². The number of carbonyl (C=O) groups excluding carboxylic acids is 1. The van der Waals surface area contributed by atoms with Gasteiger partial charge in [0.25, 0.3) is 5.91 Å². The van der Waals surface area contributed by atoms with Gasteiger partial charge in [-0.15, -0.1) is 0 Å². The van der Waals surface area contributed by atoms with Gasteiger partial charge in [0, 0.05) is 24.3 Å². The maximum absolute atomic E-state index is 13.7. The molecule has 3 nitrogen and oxygen atoms in total. The molecule has 1 amide bonds. The largest absolute Gasteiger partial charge is 0.338 e. The highest BCUT2D eigenvalue weighted by molar-refractivity contribution is 6.30. The summed E-state index contributed by atoms with van der Waals surface area (Å²) < 4.78 is 13.7. The number of hydrogen-bond donors (Lipinski definition) is 0. The van der Waals surface area contributed by atoms with Crippen LogP contribution in [0.25, 0.3) is 0 Å². The molecular weight excluding hydrogens is 303 g/mol. The Bertz CT molecular complexity index is 675. The van der Waals surface area contributed by atoms with Gasteiger partial charge in [-0.2, -0.15) is 0 Å². The first kappa shape index (κ1) is 15.0. The summed E-state index contributed by atoms with van der Waals surface area (Å²) in [4.78, 5) is 17.7. The molecule has 1 aliphatic heterocycles. The maximum atomic E-state index is 13.7. The van der Waals surface area contributed by atoms with E-state index in [0.717, 1.165) is 24.1 Å². The van der Waals surface area contributed by atoms with Crippen molar-refractivity contribution in [1.82, 2.24) is 9.88 Å². The highest BCUT2D eigenvalue weighted by atomic mass is 35.5. The Hall–Kier alpha value is -1.94. The summed E-state index contributed by atoms with van der Waals surface area (Å²) in [5.74, 6) is -0.415. The standard InChI is InChI=1S/C17H16ClFN2O/c18-14-3-1-12(2-4-14)9-13-6-8-21(11-13)17(22)15-5-7-20-10-16(15)19/h1-5,7,10,13H,6,8-9,11H2. The highest BCUT2D eigenvalue weighted by Crippen LogP contribution is 2.23. The third kappa shape index (κ3) is 3.28. The van der Waals surface area contributed by atoms with E-state index in [9.17, 15) is 9.18 Å². The van der Waals surface area contributed by atoms with E-state index in [0.29, 0.717) is 19.0 Å². The zero-order valence-electron chi connectivity index (χ0n) is 12.0. The van der Waals surface area contributed by atoms with Crippen LogP contribution in [0.4, 0.5) is 4.39 Å². The van der Waals surface area contributed by atoms with Gasteiger partial charge in [-0.05, 0) is 42.5 Å². The van der Waals surface area contributed by atoms with E-state index in [1.165, 1.54) is 17.8 Å². The minimum atomic E-state index is -0.561. The monoisotopic (exact) mass is 318 g/mol. The average molecular weight is 319 g/mol. The average Bonchev–Trinajstić information content (AvgIpc) is 2.98. The molecule has 2 aromatic rings. The molecule has 114 valence electrons. The fourth-order valence-electron chi connectivity index (χ4n) is 2.86. The molecule has 0 N–H and O–H groups in total. The van der Waals surface area contributed by atoms with Crippen molar-refractivity contribution in [3.05, 3.63) is 64.7 Å². The van der Waals surface area contributed by atoms with Gasteiger partial charge in [-0.1, -0.05) is 23.7 Å². The molecule has 0 radical (unpaired) electrons. The second-order valence-corrected chi connectivity index (χ2v) is 6.03. The molecule has 1 aliphatic rings. The van der Waals surface area contributed by atoms with Crippen LogP contribution in [0.1, 0.15) is 22.3 Å². The van der Waals surface area contributed by atoms with E-state index in [2.05, 4.69) is 4.98 Å². The lowest BCUT2D eigenvalue weighted by molar-refractivity contribution is 0.0782. The van der Waals surface area contributed by atoms with Gasteiger partial charge in [0.05, 0.1) is 11.8 Å². The molecule has 0 saturated carbocycles. The van der Waals surface area contributed by atoms with Gasteiger partial charge in [0.1, 0.15) is 0 Å². The molecule has 1 unspecified atom stereocenters. The summed E-state index contributed by atoms with van der Waals surface area (Å²) in [5, 5.41) is 0.722. The Morgan fingerprint density at radius 1 is 1.32 bits per heavy atom. The Morgan fingerprint density at radius 3 is 2.82 bits per heavy atom. The lowest BCUT2D eigenvalue weighted by Gasteiger charge is -2.17. The van der Waals surface area contributed by atoms with Crippen LogP contribution in [-0.2, 0) is 6.42 Å². The lowest BCUT2D eigenvalue weighted by atomic mass is 9.99. The molecule has 1 aromatic heterocycles. The molecule has 1 atom stereocenters. The molecule has 5 heteroatoms. The fourth-order valence-corrected chi connectivity index (χ4v) is 2.98. The van der Waals surface area contributed by atoms with E-state index in [-0.39, 0.29) is 11.5 Å². The molecule has 2 heterocycles. The van der Waals surface area contributed by atoms with E-state index in [4.69, 9.17) is 11.6 Å². The maximum Gasteiger partial charge on any atom is 0.256 e. The predicted octanol–water partition coefficient (Wildman–Crippen LogP) is 3.58. The van der Waals surface area contributed by atoms with Gasteiger partial charge < -0.3 is 4.90 Å². The van der Waals surface area contributed by atoms with Crippen LogP contribution in [0, 0.1) is 11.7 Å². The van der Waals surface area contributed by atoms with Crippen molar-refractivity contribution in [2.45, 2.75) is 12.8 Å². The summed E-state index contributed by atoms with van der Waals surface area (Å²) in [6.45, 7) is 1.32. The predicted molar refractivity (Wildman–Crippen MR) is 83.4 cm³/mol. The van der Waals surface area contributed by atoms with Crippen molar-refractivity contribution in [3.8, 4) is 0 Å². The summed E-state index contributed by atoms with van der Waals surface area (Å²) in [5.41, 5.74) is 1.31. The third-order valence-corrected chi connectivity index (χ3v) is 4.27. The van der Waals surface area contributed by atoms with Crippen LogP contribution in [0.3, 0.4) is 0 Å². The van der Waals surface area contributed by atoms with Crippen molar-refractivity contribution in [1.29, 1.82) is 0 Å². The number of nitrogens with zero attached hydrogens (tertiary/aromatic N) is 2. The van der Waals surface area contributed by atoms with Crippen molar-refractivity contribution in [2.24, 2.45) is 5.92 Å². The normalized spacial score (nSPS) is 17.7. The number of carbonyl (C=O) groups is 1. The molecule has 3 rings (SSSR count). The Balaban J connectivity index is 1.63. The van der Waals surface area contributed by atoms with E-state index < -0.39 is 5.82 Å². The zero-order chi connectivity index (χ0) is 15.5. The highest BCUT2D eigenvalue weighted by Gasteiger charge is 2.28. The molecule has 1 aromatic carbocycles. The summed E-state index contributed by atoms with van der Waals surface area (Å²) in [7, 11) is 0. The van der Waals surface area contributed by atoms with Crippen molar-refractivity contribution in [3.63, 3.8) is 0 Å². The van der Waals surface area contributed by atoms with Crippen LogP contribution in [0.5, 0.6) is 0 Å². The number of likely N-dealkylation sites (tertiary alicyclic amines) is 1. The fraction of sp³-hybridized carbons (Fsp3) is 0.294. The third-order valence-electron chi connectivity index (χ3n) is 4.01. The smallest absolute Gasteiger partial charge is 0.256 e. The van der Waals surface area contributed by atoms with E-state index in [1.54, 1.807) is 4.90 Å². The van der Waals surface area contributed by atoms with Gasteiger partial charge in [-0.3, -0.25) is 9.78 Å². The molecule has 1 saturated heterocycles. The molecule has 0 spiro atoms. The topological polar surface area (TPSA) is 33.2 Å². The molecule has 22 heavy (non-hydrogen) atoms. The van der Waals surface area contributed by atoms with Gasteiger partial charge in [0.15, 0.2) is 5.82 Å². The minimum Gasteiger partial charge on any atom is -0.338 e. The zero-order valence-corrected chi connectivity index (χ0v) is 12.8. The summed E-state index contributed by atoms with van der Waals surface area (Å²) in [6, 6.07) is 9.21. The summed E-state index contributed by atoms with van der Waals surface area (Å²) in [6.07, 6.45) is 4.35. The second-order valence-electron chi connectivity index (χ2n) is 5.59. The number of benzene rings is 1. The molecule has 0 aliphatic carbocycles. The first-order valence-corrected chi connectivity index (χ1v) is 7.64. The molecule has 0 bridgehead atoms.